The van der Waals surface area contributed by atoms with Gasteiger partial charge in [-0.15, -0.1) is 0 Å². The van der Waals surface area contributed by atoms with Crippen molar-refractivity contribution in [3.63, 3.8) is 0 Å². The Bertz CT molecular complexity index is 696. The van der Waals surface area contributed by atoms with Crippen molar-refractivity contribution >= 4 is 0 Å². The quantitative estimate of drug-likeness (QED) is 0.721. The minimum absolute atomic E-state index is 0.117. The molecule has 27 heavy (non-hydrogen) atoms. The van der Waals surface area contributed by atoms with Crippen molar-refractivity contribution in [2.24, 2.45) is 0 Å². The first-order valence-electron chi connectivity index (χ1n) is 9.75. The highest BCUT2D eigenvalue weighted by Gasteiger charge is 2.26. The number of hydrogen-bond acceptors (Lipinski definition) is 3. The van der Waals surface area contributed by atoms with Gasteiger partial charge in [0, 0.05) is 44.2 Å². The third kappa shape index (κ3) is 5.93. The van der Waals surface area contributed by atoms with E-state index >= 15 is 0 Å². The van der Waals surface area contributed by atoms with Gasteiger partial charge in [0.1, 0.15) is 0 Å². The maximum absolute atomic E-state index is 9.80. The van der Waals surface area contributed by atoms with Crippen LogP contribution in [0.1, 0.15) is 51.4 Å². The molecule has 0 saturated carbocycles. The van der Waals surface area contributed by atoms with Crippen LogP contribution in [0, 0.1) is 0 Å². The summed E-state index contributed by atoms with van der Waals surface area (Å²) >= 11 is 0. The maximum atomic E-state index is 9.80. The summed E-state index contributed by atoms with van der Waals surface area (Å²) in [7, 11) is 1.72. The van der Waals surface area contributed by atoms with Gasteiger partial charge in [-0.05, 0) is 42.5 Å². The molecule has 150 valence electrons. The Morgan fingerprint density at radius 3 is 2.26 bits per heavy atom. The first-order valence-corrected chi connectivity index (χ1v) is 9.75. The van der Waals surface area contributed by atoms with E-state index in [0.29, 0.717) is 6.61 Å². The van der Waals surface area contributed by atoms with Crippen molar-refractivity contribution in [1.82, 2.24) is 9.47 Å². The van der Waals surface area contributed by atoms with Gasteiger partial charge in [-0.25, -0.2) is 0 Å². The van der Waals surface area contributed by atoms with Gasteiger partial charge < -0.3 is 14.4 Å². The zero-order valence-electron chi connectivity index (χ0n) is 17.8. The normalized spacial score (nSPS) is 12.7. The summed E-state index contributed by atoms with van der Waals surface area (Å²) in [6, 6.07) is 13.2. The molecule has 0 unspecified atom stereocenters. The van der Waals surface area contributed by atoms with E-state index in [4.69, 9.17) is 4.74 Å². The Balaban J connectivity index is 2.14. The first-order chi connectivity index (χ1) is 12.7. The Kier molecular flexibility index (Phi) is 7.26. The van der Waals surface area contributed by atoms with E-state index in [0.717, 1.165) is 19.6 Å². The third-order valence-corrected chi connectivity index (χ3v) is 5.26. The van der Waals surface area contributed by atoms with E-state index in [1.807, 2.05) is 0 Å². The standard InChI is InChI=1S/C23H36N2O2/c1-22(2,3)20-11-9-19(10-12-20)16-24-13-7-8-21(24)17-25(14-15-27-6)23(4,5)18-26/h7-13,26H,14-18H2,1-6H3. The lowest BCUT2D eigenvalue weighted by molar-refractivity contribution is 0.0284. The predicted molar refractivity (Wildman–Crippen MR) is 112 cm³/mol. The van der Waals surface area contributed by atoms with Crippen molar-refractivity contribution in [2.75, 3.05) is 26.9 Å². The van der Waals surface area contributed by atoms with Gasteiger partial charge in [0.25, 0.3) is 0 Å². The smallest absolute Gasteiger partial charge is 0.0610 e. The first kappa shape index (κ1) is 21.7. The molecule has 0 saturated heterocycles. The molecule has 0 fully saturated rings. The molecule has 1 heterocycles. The lowest BCUT2D eigenvalue weighted by atomic mass is 9.87. The second-order valence-corrected chi connectivity index (χ2v) is 8.96. The molecule has 4 nitrogen and oxygen atoms in total. The maximum Gasteiger partial charge on any atom is 0.0610 e. The minimum atomic E-state index is -0.290. The number of methoxy groups -OCH3 is 1. The molecule has 0 radical (unpaired) electrons. The molecule has 2 rings (SSSR count). The van der Waals surface area contributed by atoms with Crippen molar-refractivity contribution in [3.8, 4) is 0 Å². The Morgan fingerprint density at radius 1 is 1.04 bits per heavy atom. The van der Waals surface area contributed by atoms with E-state index in [2.05, 4.69) is 86.7 Å². The number of nitrogens with zero attached hydrogens (tertiary/aromatic N) is 2. The molecule has 0 aliphatic rings. The van der Waals surface area contributed by atoms with Crippen molar-refractivity contribution in [2.45, 2.75) is 58.7 Å². The van der Waals surface area contributed by atoms with Gasteiger partial charge in [0.05, 0.1) is 13.2 Å². The molecule has 1 aromatic carbocycles. The second-order valence-electron chi connectivity index (χ2n) is 8.96. The van der Waals surface area contributed by atoms with Crippen LogP contribution in [-0.2, 0) is 23.2 Å². The molecule has 4 heteroatoms. The number of ether oxygens (including phenoxy) is 1. The van der Waals surface area contributed by atoms with E-state index < -0.39 is 0 Å². The molecule has 1 aromatic heterocycles. The fourth-order valence-corrected chi connectivity index (χ4v) is 3.15. The van der Waals surface area contributed by atoms with E-state index in [-0.39, 0.29) is 17.6 Å². The number of hydrogen-bond donors (Lipinski definition) is 1. The van der Waals surface area contributed by atoms with Gasteiger partial charge in [0.2, 0.25) is 0 Å². The van der Waals surface area contributed by atoms with Gasteiger partial charge >= 0.3 is 0 Å². The van der Waals surface area contributed by atoms with Gasteiger partial charge in [-0.3, -0.25) is 4.90 Å². The molecular formula is C23H36N2O2. The number of benzene rings is 1. The summed E-state index contributed by atoms with van der Waals surface area (Å²) in [4.78, 5) is 2.28. The van der Waals surface area contributed by atoms with E-state index in [1.165, 1.54) is 16.8 Å². The van der Waals surface area contributed by atoms with Crippen molar-refractivity contribution < 1.29 is 9.84 Å². The van der Waals surface area contributed by atoms with Crippen LogP contribution in [0.2, 0.25) is 0 Å². The Morgan fingerprint density at radius 2 is 1.70 bits per heavy atom. The molecule has 0 aliphatic heterocycles. The van der Waals surface area contributed by atoms with Crippen LogP contribution in [0.15, 0.2) is 42.6 Å². The summed E-state index contributed by atoms with van der Waals surface area (Å²) < 4.78 is 7.56. The van der Waals surface area contributed by atoms with E-state index in [1.54, 1.807) is 7.11 Å². The van der Waals surface area contributed by atoms with E-state index in [9.17, 15) is 5.11 Å². The Hall–Kier alpha value is -1.62. The molecule has 2 aromatic rings. The van der Waals surface area contributed by atoms with Gasteiger partial charge in [-0.1, -0.05) is 45.0 Å². The summed E-state index contributed by atoms with van der Waals surface area (Å²) in [5.41, 5.74) is 3.78. The van der Waals surface area contributed by atoms with Crippen molar-refractivity contribution in [1.29, 1.82) is 0 Å². The molecule has 0 spiro atoms. The minimum Gasteiger partial charge on any atom is -0.394 e. The third-order valence-electron chi connectivity index (χ3n) is 5.26. The average Bonchev–Trinajstić information content (AvgIpc) is 3.05. The number of aromatic nitrogens is 1. The van der Waals surface area contributed by atoms with Crippen LogP contribution < -0.4 is 0 Å². The van der Waals surface area contributed by atoms with Crippen LogP contribution in [0.3, 0.4) is 0 Å². The van der Waals surface area contributed by atoms with Crippen LogP contribution in [0.4, 0.5) is 0 Å². The highest BCUT2D eigenvalue weighted by molar-refractivity contribution is 5.28. The Labute approximate surface area is 164 Å². The molecule has 1 N–H and O–H groups in total. The summed E-state index contributed by atoms with van der Waals surface area (Å²) in [6.07, 6.45) is 2.13. The molecule has 0 bridgehead atoms. The topological polar surface area (TPSA) is 37.6 Å². The highest BCUT2D eigenvalue weighted by atomic mass is 16.5. The molecule has 0 atom stereocenters. The predicted octanol–water partition coefficient (Wildman–Crippen LogP) is 4.05. The second kappa shape index (κ2) is 9.05. The van der Waals surface area contributed by atoms with Crippen LogP contribution in [0.25, 0.3) is 0 Å². The number of rotatable bonds is 9. The monoisotopic (exact) mass is 372 g/mol. The summed E-state index contributed by atoms with van der Waals surface area (Å²) in [5.74, 6) is 0. The SMILES string of the molecule is COCCN(Cc1cccn1Cc1ccc(C(C)(C)C)cc1)C(C)(C)CO. The molecule has 0 aliphatic carbocycles. The fourth-order valence-electron chi connectivity index (χ4n) is 3.15. The molecular weight excluding hydrogens is 336 g/mol. The largest absolute Gasteiger partial charge is 0.394 e. The summed E-state index contributed by atoms with van der Waals surface area (Å²) in [6.45, 7) is 14.0. The zero-order valence-corrected chi connectivity index (χ0v) is 17.8. The van der Waals surface area contributed by atoms with Gasteiger partial charge in [-0.2, -0.15) is 0 Å². The lowest BCUT2D eigenvalue weighted by Crippen LogP contribution is -2.48. The van der Waals surface area contributed by atoms with Crippen LogP contribution in [-0.4, -0.2) is 47.0 Å². The van der Waals surface area contributed by atoms with Crippen LogP contribution in [0.5, 0.6) is 0 Å². The number of aliphatic hydroxyl groups is 1. The molecule has 0 amide bonds. The van der Waals surface area contributed by atoms with Crippen LogP contribution >= 0.6 is 0 Å². The zero-order chi connectivity index (χ0) is 20.1. The highest BCUT2D eigenvalue weighted by Crippen LogP contribution is 2.23. The lowest BCUT2D eigenvalue weighted by Gasteiger charge is -2.37. The summed E-state index contributed by atoms with van der Waals surface area (Å²) in [5, 5.41) is 9.80. The average molecular weight is 373 g/mol. The van der Waals surface area contributed by atoms with Gasteiger partial charge in [0.15, 0.2) is 0 Å². The fraction of sp³-hybridized carbons (Fsp3) is 0.565. The van der Waals surface area contributed by atoms with Crippen molar-refractivity contribution in [3.05, 3.63) is 59.4 Å². The number of aliphatic hydroxyl groups excluding tert-OH is 1.